The monoisotopic (exact) mass is 344 g/mol. The molecule has 106 valence electrons. The molecule has 1 aliphatic heterocycles. The van der Waals surface area contributed by atoms with Gasteiger partial charge in [0.15, 0.2) is 0 Å². The fourth-order valence-electron chi connectivity index (χ4n) is 3.17. The molecule has 0 saturated heterocycles. The molecule has 0 bridgehead atoms. The van der Waals surface area contributed by atoms with Gasteiger partial charge < -0.3 is 10.3 Å². The van der Waals surface area contributed by atoms with Crippen molar-refractivity contribution in [2.45, 2.75) is 12.5 Å². The van der Waals surface area contributed by atoms with Crippen molar-refractivity contribution in [3.63, 3.8) is 0 Å². The molecule has 2 N–H and O–H groups in total. The molecule has 0 amide bonds. The number of benzene rings is 2. The molecule has 1 aromatic heterocycles. The molecule has 1 unspecified atom stereocenters. The van der Waals surface area contributed by atoms with Crippen molar-refractivity contribution >= 4 is 26.8 Å². The van der Waals surface area contributed by atoms with Crippen LogP contribution in [0.25, 0.3) is 10.9 Å². The summed E-state index contributed by atoms with van der Waals surface area (Å²) >= 11 is 3.63. The molecule has 3 aromatic rings. The average molecular weight is 345 g/mol. The highest BCUT2D eigenvalue weighted by atomic mass is 79.9. The van der Waals surface area contributed by atoms with Gasteiger partial charge in [0.2, 0.25) is 0 Å². The Morgan fingerprint density at radius 1 is 1.14 bits per heavy atom. The van der Waals surface area contributed by atoms with Gasteiger partial charge >= 0.3 is 0 Å². The first-order chi connectivity index (χ1) is 10.2. The van der Waals surface area contributed by atoms with Crippen molar-refractivity contribution in [1.82, 2.24) is 10.3 Å². The maximum absolute atomic E-state index is 13.5. The van der Waals surface area contributed by atoms with Crippen LogP contribution in [0.3, 0.4) is 0 Å². The number of halogens is 2. The van der Waals surface area contributed by atoms with Crippen LogP contribution < -0.4 is 5.32 Å². The molecule has 0 aliphatic carbocycles. The Labute approximate surface area is 130 Å². The van der Waals surface area contributed by atoms with E-state index >= 15 is 0 Å². The normalized spacial score (nSPS) is 17.9. The predicted octanol–water partition coefficient (Wildman–Crippen LogP) is 4.30. The number of fused-ring (bicyclic) bond motifs is 3. The lowest BCUT2D eigenvalue weighted by Crippen LogP contribution is -2.30. The van der Waals surface area contributed by atoms with Crippen molar-refractivity contribution in [1.29, 1.82) is 0 Å². The third kappa shape index (κ3) is 2.10. The van der Waals surface area contributed by atoms with Gasteiger partial charge in [-0.25, -0.2) is 4.39 Å². The van der Waals surface area contributed by atoms with E-state index in [2.05, 4.69) is 32.3 Å². The highest BCUT2D eigenvalue weighted by Crippen LogP contribution is 2.36. The molecular weight excluding hydrogens is 331 g/mol. The molecule has 0 radical (unpaired) electrons. The van der Waals surface area contributed by atoms with Gasteiger partial charge in [-0.15, -0.1) is 0 Å². The van der Waals surface area contributed by atoms with Crippen LogP contribution in [-0.2, 0) is 6.42 Å². The summed E-state index contributed by atoms with van der Waals surface area (Å²) in [5.41, 5.74) is 4.57. The number of hydrogen-bond acceptors (Lipinski definition) is 1. The summed E-state index contributed by atoms with van der Waals surface area (Å²) in [7, 11) is 0. The topological polar surface area (TPSA) is 27.8 Å². The predicted molar refractivity (Wildman–Crippen MR) is 85.9 cm³/mol. The molecule has 0 spiro atoms. The standard InChI is InChI=1S/C17H14BrFN2/c18-14-4-2-1-3-12(14)16-17-11(7-8-20-16)13-9-10(19)5-6-15(13)21-17/h1-6,9,16,20-21H,7-8H2. The molecule has 2 nitrogen and oxygen atoms in total. The van der Waals surface area contributed by atoms with Gasteiger partial charge in [-0.1, -0.05) is 34.1 Å². The van der Waals surface area contributed by atoms with Gasteiger partial charge in [-0.2, -0.15) is 0 Å². The Hall–Kier alpha value is -1.65. The van der Waals surface area contributed by atoms with Crippen molar-refractivity contribution in [3.8, 4) is 0 Å². The van der Waals surface area contributed by atoms with Crippen LogP contribution in [-0.4, -0.2) is 11.5 Å². The molecule has 4 rings (SSSR count). The second kappa shape index (κ2) is 4.97. The Bertz CT molecular complexity index is 825. The smallest absolute Gasteiger partial charge is 0.123 e. The molecule has 0 saturated carbocycles. The van der Waals surface area contributed by atoms with Crippen LogP contribution >= 0.6 is 15.9 Å². The number of aromatic amines is 1. The lowest BCUT2D eigenvalue weighted by molar-refractivity contribution is 0.558. The molecule has 2 heterocycles. The molecule has 4 heteroatoms. The second-order valence-electron chi connectivity index (χ2n) is 5.37. The van der Waals surface area contributed by atoms with Crippen LogP contribution in [0, 0.1) is 5.82 Å². The average Bonchev–Trinajstić information content (AvgIpc) is 2.86. The van der Waals surface area contributed by atoms with Gasteiger partial charge in [0, 0.05) is 27.6 Å². The SMILES string of the molecule is Fc1ccc2[nH]c3c(c2c1)CCNC3c1ccccc1Br. The summed E-state index contributed by atoms with van der Waals surface area (Å²) in [5.74, 6) is -0.180. The van der Waals surface area contributed by atoms with E-state index in [1.807, 2.05) is 24.3 Å². The number of aromatic nitrogens is 1. The van der Waals surface area contributed by atoms with Crippen LogP contribution in [0.15, 0.2) is 46.9 Å². The van der Waals surface area contributed by atoms with E-state index in [1.165, 1.54) is 17.2 Å². The Balaban J connectivity index is 1.92. The van der Waals surface area contributed by atoms with Crippen LogP contribution in [0.2, 0.25) is 0 Å². The zero-order chi connectivity index (χ0) is 14.4. The molecular formula is C17H14BrFN2. The van der Waals surface area contributed by atoms with E-state index in [0.717, 1.165) is 34.0 Å². The Morgan fingerprint density at radius 3 is 2.86 bits per heavy atom. The quantitative estimate of drug-likeness (QED) is 0.676. The van der Waals surface area contributed by atoms with Gasteiger partial charge in [-0.05, 0) is 41.8 Å². The van der Waals surface area contributed by atoms with Crippen molar-refractivity contribution in [2.75, 3.05) is 6.54 Å². The van der Waals surface area contributed by atoms with Gasteiger partial charge in [0.05, 0.1) is 6.04 Å². The van der Waals surface area contributed by atoms with Crippen LogP contribution in [0.1, 0.15) is 22.9 Å². The summed E-state index contributed by atoms with van der Waals surface area (Å²) in [6, 6.07) is 13.3. The molecule has 2 aromatic carbocycles. The fraction of sp³-hybridized carbons (Fsp3) is 0.176. The first-order valence-corrected chi connectivity index (χ1v) is 7.81. The highest BCUT2D eigenvalue weighted by molar-refractivity contribution is 9.10. The number of nitrogens with one attached hydrogen (secondary N) is 2. The zero-order valence-electron chi connectivity index (χ0n) is 11.3. The third-order valence-corrected chi connectivity index (χ3v) is 4.85. The van der Waals surface area contributed by atoms with Gasteiger partial charge in [0.25, 0.3) is 0 Å². The van der Waals surface area contributed by atoms with E-state index in [-0.39, 0.29) is 11.9 Å². The van der Waals surface area contributed by atoms with E-state index in [1.54, 1.807) is 6.07 Å². The van der Waals surface area contributed by atoms with Crippen molar-refractivity contribution in [2.24, 2.45) is 0 Å². The molecule has 1 aliphatic rings. The van der Waals surface area contributed by atoms with Crippen LogP contribution in [0.4, 0.5) is 4.39 Å². The first kappa shape index (κ1) is 13.0. The fourth-order valence-corrected chi connectivity index (χ4v) is 3.69. The number of hydrogen-bond donors (Lipinski definition) is 2. The third-order valence-electron chi connectivity index (χ3n) is 4.13. The van der Waals surface area contributed by atoms with Crippen molar-refractivity contribution < 1.29 is 4.39 Å². The largest absolute Gasteiger partial charge is 0.357 e. The van der Waals surface area contributed by atoms with Crippen molar-refractivity contribution in [3.05, 3.63) is 69.6 Å². The van der Waals surface area contributed by atoms with Gasteiger partial charge in [-0.3, -0.25) is 0 Å². The minimum Gasteiger partial charge on any atom is -0.357 e. The van der Waals surface area contributed by atoms with Crippen LogP contribution in [0.5, 0.6) is 0 Å². The zero-order valence-corrected chi connectivity index (χ0v) is 12.9. The maximum Gasteiger partial charge on any atom is 0.123 e. The summed E-state index contributed by atoms with van der Waals surface area (Å²) in [4.78, 5) is 3.47. The highest BCUT2D eigenvalue weighted by Gasteiger charge is 2.26. The summed E-state index contributed by atoms with van der Waals surface area (Å²) in [6.07, 6.45) is 0.916. The Morgan fingerprint density at radius 2 is 2.00 bits per heavy atom. The summed E-state index contributed by atoms with van der Waals surface area (Å²) in [6.45, 7) is 0.891. The van der Waals surface area contributed by atoms with Gasteiger partial charge in [0.1, 0.15) is 5.82 Å². The lowest BCUT2D eigenvalue weighted by atomic mass is 9.94. The van der Waals surface area contributed by atoms with E-state index < -0.39 is 0 Å². The lowest BCUT2D eigenvalue weighted by Gasteiger charge is -2.25. The summed E-state index contributed by atoms with van der Waals surface area (Å²) < 4.78 is 14.6. The second-order valence-corrected chi connectivity index (χ2v) is 6.22. The molecule has 21 heavy (non-hydrogen) atoms. The number of rotatable bonds is 1. The summed E-state index contributed by atoms with van der Waals surface area (Å²) in [5, 5.41) is 4.56. The maximum atomic E-state index is 13.5. The number of H-pyrrole nitrogens is 1. The minimum atomic E-state index is -0.180. The van der Waals surface area contributed by atoms with E-state index in [4.69, 9.17) is 0 Å². The van der Waals surface area contributed by atoms with E-state index in [0.29, 0.717) is 0 Å². The Kier molecular flexibility index (Phi) is 3.08. The molecule has 0 fully saturated rings. The molecule has 1 atom stereocenters. The first-order valence-electron chi connectivity index (χ1n) is 7.02. The minimum absolute atomic E-state index is 0.111. The van der Waals surface area contributed by atoms with E-state index in [9.17, 15) is 4.39 Å².